The van der Waals surface area contributed by atoms with Gasteiger partial charge in [0, 0.05) is 7.05 Å². The van der Waals surface area contributed by atoms with Gasteiger partial charge in [0.15, 0.2) is 5.16 Å². The highest BCUT2D eigenvalue weighted by atomic mass is 32.2. The van der Waals surface area contributed by atoms with Crippen LogP contribution in [0.15, 0.2) is 31.9 Å². The van der Waals surface area contributed by atoms with Crippen molar-refractivity contribution < 1.29 is 9.90 Å². The van der Waals surface area contributed by atoms with Gasteiger partial charge < -0.3 is 10.8 Å². The van der Waals surface area contributed by atoms with Crippen molar-refractivity contribution >= 4 is 23.4 Å². The molecule has 0 fully saturated rings. The average Bonchev–Trinajstić information content (AvgIpc) is 2.38. The zero-order chi connectivity index (χ0) is 14.9. The highest BCUT2D eigenvalue weighted by Crippen LogP contribution is 2.27. The van der Waals surface area contributed by atoms with Crippen molar-refractivity contribution in [3.05, 3.63) is 38.5 Å². The predicted molar refractivity (Wildman–Crippen MR) is 69.8 cm³/mol. The highest BCUT2D eigenvalue weighted by molar-refractivity contribution is 7.99. The fourth-order valence-electron chi connectivity index (χ4n) is 1.29. The molecule has 0 bridgehead atoms. The molecule has 0 aliphatic carbocycles. The summed E-state index contributed by atoms with van der Waals surface area (Å²) in [5.74, 6) is -1.20. The highest BCUT2D eigenvalue weighted by Gasteiger charge is 2.13. The predicted octanol–water partition coefficient (Wildman–Crippen LogP) is -0.705. The third kappa shape index (κ3) is 2.69. The maximum Gasteiger partial charge on any atom is 0.354 e. The van der Waals surface area contributed by atoms with E-state index in [-0.39, 0.29) is 21.6 Å². The second-order valence-electron chi connectivity index (χ2n) is 3.70. The van der Waals surface area contributed by atoms with Gasteiger partial charge in [0.05, 0.1) is 5.69 Å². The Kier molecular flexibility index (Phi) is 3.57. The lowest BCUT2D eigenvalue weighted by molar-refractivity contribution is 0.0690. The first-order valence-electron chi connectivity index (χ1n) is 5.23. The lowest BCUT2D eigenvalue weighted by atomic mass is 10.3. The number of carboxylic acid groups (broad SMARTS) is 1. The van der Waals surface area contributed by atoms with Gasteiger partial charge in [0.25, 0.3) is 0 Å². The Hall–Kier alpha value is -2.62. The van der Waals surface area contributed by atoms with Crippen LogP contribution in [0.2, 0.25) is 0 Å². The van der Waals surface area contributed by atoms with Gasteiger partial charge in [-0.2, -0.15) is 4.98 Å². The molecular formula is C10H9N5O4S. The van der Waals surface area contributed by atoms with Gasteiger partial charge in [-0.1, -0.05) is 0 Å². The summed E-state index contributed by atoms with van der Waals surface area (Å²) in [6.07, 6.45) is 0. The van der Waals surface area contributed by atoms with Gasteiger partial charge in [-0.15, -0.1) is 0 Å². The van der Waals surface area contributed by atoms with Crippen LogP contribution in [0.5, 0.6) is 0 Å². The number of rotatable bonds is 3. The summed E-state index contributed by atoms with van der Waals surface area (Å²) < 4.78 is 1.23. The number of anilines is 1. The summed E-state index contributed by atoms with van der Waals surface area (Å²) in [5, 5.41) is 11.5. The largest absolute Gasteiger partial charge is 0.477 e. The first-order chi connectivity index (χ1) is 9.38. The minimum absolute atomic E-state index is 0.135. The molecule has 0 radical (unpaired) electrons. The standard InChI is InChI=1S/C10H9N5O4S/c1-15-10(13-6(16)7(17)14-15)20-8-4(11)2-3-5(12-8)9(18)19/h2-3H,11H2,1H3,(H,14,17)(H,18,19). The number of aromatic carboxylic acids is 1. The van der Waals surface area contributed by atoms with Gasteiger partial charge in [0.2, 0.25) is 0 Å². The van der Waals surface area contributed by atoms with Crippen LogP contribution in [0.25, 0.3) is 0 Å². The van der Waals surface area contributed by atoms with Gasteiger partial charge in [-0.3, -0.25) is 19.4 Å². The molecule has 20 heavy (non-hydrogen) atoms. The number of nitrogen functional groups attached to an aromatic ring is 1. The van der Waals surface area contributed by atoms with Crippen molar-refractivity contribution in [1.29, 1.82) is 0 Å². The number of hydrogen-bond acceptors (Lipinski definition) is 7. The van der Waals surface area contributed by atoms with E-state index >= 15 is 0 Å². The number of nitrogens with zero attached hydrogens (tertiary/aromatic N) is 3. The van der Waals surface area contributed by atoms with Crippen molar-refractivity contribution in [3.8, 4) is 0 Å². The van der Waals surface area contributed by atoms with Crippen LogP contribution in [0.4, 0.5) is 5.69 Å². The monoisotopic (exact) mass is 295 g/mol. The number of carbonyl (C=O) groups is 1. The molecule has 2 rings (SSSR count). The number of aryl methyl sites for hydroxylation is 1. The Labute approximate surface area is 115 Å². The van der Waals surface area contributed by atoms with Gasteiger partial charge in [-0.05, 0) is 23.9 Å². The molecule has 104 valence electrons. The van der Waals surface area contributed by atoms with Crippen molar-refractivity contribution in [2.75, 3.05) is 5.73 Å². The van der Waals surface area contributed by atoms with Crippen LogP contribution in [0.1, 0.15) is 10.5 Å². The number of hydrogen-bond donors (Lipinski definition) is 3. The van der Waals surface area contributed by atoms with E-state index in [0.29, 0.717) is 0 Å². The summed E-state index contributed by atoms with van der Waals surface area (Å²) in [6, 6.07) is 2.66. The molecule has 9 nitrogen and oxygen atoms in total. The van der Waals surface area contributed by atoms with Crippen LogP contribution in [-0.4, -0.2) is 30.8 Å². The molecule has 2 heterocycles. The van der Waals surface area contributed by atoms with Gasteiger partial charge >= 0.3 is 17.1 Å². The number of carboxylic acids is 1. The molecule has 0 amide bonds. The summed E-state index contributed by atoms with van der Waals surface area (Å²) in [7, 11) is 1.48. The summed E-state index contributed by atoms with van der Waals surface area (Å²) >= 11 is 0.878. The second-order valence-corrected chi connectivity index (χ2v) is 4.65. The van der Waals surface area contributed by atoms with E-state index in [4.69, 9.17) is 10.8 Å². The fourth-order valence-corrected chi connectivity index (χ4v) is 2.10. The zero-order valence-electron chi connectivity index (χ0n) is 10.2. The average molecular weight is 295 g/mol. The molecule has 0 saturated heterocycles. The van der Waals surface area contributed by atoms with E-state index in [9.17, 15) is 14.4 Å². The van der Waals surface area contributed by atoms with E-state index in [0.717, 1.165) is 11.8 Å². The third-order valence-corrected chi connectivity index (χ3v) is 3.31. The van der Waals surface area contributed by atoms with Gasteiger partial charge in [-0.25, -0.2) is 9.78 Å². The Bertz CT molecular complexity index is 797. The molecule has 2 aromatic heterocycles. The van der Waals surface area contributed by atoms with Crippen molar-refractivity contribution in [3.63, 3.8) is 0 Å². The molecule has 0 aliphatic heterocycles. The second kappa shape index (κ2) is 5.17. The maximum absolute atomic E-state index is 11.2. The minimum Gasteiger partial charge on any atom is -0.477 e. The Balaban J connectivity index is 2.47. The topological polar surface area (TPSA) is 144 Å². The molecule has 10 heteroatoms. The van der Waals surface area contributed by atoms with E-state index in [1.807, 2.05) is 0 Å². The molecular weight excluding hydrogens is 286 g/mol. The molecule has 2 aromatic rings. The third-order valence-electron chi connectivity index (χ3n) is 2.24. The molecule has 0 atom stereocenters. The van der Waals surface area contributed by atoms with E-state index in [2.05, 4.69) is 15.1 Å². The van der Waals surface area contributed by atoms with E-state index < -0.39 is 17.1 Å². The minimum atomic E-state index is -1.20. The number of H-pyrrole nitrogens is 1. The van der Waals surface area contributed by atoms with Crippen molar-refractivity contribution in [1.82, 2.24) is 19.7 Å². The van der Waals surface area contributed by atoms with E-state index in [1.165, 1.54) is 23.9 Å². The molecule has 0 aliphatic rings. The molecule has 0 saturated carbocycles. The molecule has 0 spiro atoms. The molecule has 0 aromatic carbocycles. The lowest BCUT2D eigenvalue weighted by Crippen LogP contribution is -2.33. The maximum atomic E-state index is 11.2. The van der Waals surface area contributed by atoms with Crippen LogP contribution >= 0.6 is 11.8 Å². The van der Waals surface area contributed by atoms with Crippen LogP contribution in [-0.2, 0) is 7.05 Å². The molecule has 4 N–H and O–H groups in total. The SMILES string of the molecule is Cn1[nH]c(=O)c(=O)nc1Sc1nc(C(=O)O)ccc1N. The number of pyridine rings is 1. The quantitative estimate of drug-likeness (QED) is 0.630. The number of nitrogens with two attached hydrogens (primary N) is 1. The summed E-state index contributed by atoms with van der Waals surface area (Å²) in [6.45, 7) is 0. The van der Waals surface area contributed by atoms with Gasteiger partial charge in [0.1, 0.15) is 10.7 Å². The van der Waals surface area contributed by atoms with Crippen molar-refractivity contribution in [2.45, 2.75) is 10.2 Å². The number of aromatic nitrogens is 4. The Morgan fingerprint density at radius 1 is 1.40 bits per heavy atom. The summed E-state index contributed by atoms with van der Waals surface area (Å²) in [5.41, 5.74) is 3.95. The van der Waals surface area contributed by atoms with Crippen LogP contribution < -0.4 is 16.9 Å². The van der Waals surface area contributed by atoms with Crippen molar-refractivity contribution in [2.24, 2.45) is 7.05 Å². The van der Waals surface area contributed by atoms with E-state index in [1.54, 1.807) is 0 Å². The first-order valence-corrected chi connectivity index (χ1v) is 6.05. The zero-order valence-corrected chi connectivity index (χ0v) is 11.0. The molecule has 0 unspecified atom stereocenters. The first kappa shape index (κ1) is 13.8. The number of nitrogens with one attached hydrogen (secondary N) is 1. The fraction of sp³-hybridized carbons (Fsp3) is 0.100. The van der Waals surface area contributed by atoms with Crippen LogP contribution in [0.3, 0.4) is 0 Å². The lowest BCUT2D eigenvalue weighted by Gasteiger charge is -2.07. The number of aromatic amines is 1. The smallest absolute Gasteiger partial charge is 0.354 e. The van der Waals surface area contributed by atoms with Crippen LogP contribution in [0, 0.1) is 0 Å². The normalized spacial score (nSPS) is 10.4. The Morgan fingerprint density at radius 2 is 2.10 bits per heavy atom. The summed E-state index contributed by atoms with van der Waals surface area (Å²) in [4.78, 5) is 40.6. The Morgan fingerprint density at radius 3 is 2.75 bits per heavy atom.